The molecule has 1 aromatic heterocycles. The third-order valence-corrected chi connectivity index (χ3v) is 10.9. The average Bonchev–Trinajstić information content (AvgIpc) is 3.26. The summed E-state index contributed by atoms with van der Waals surface area (Å²) in [6.07, 6.45) is 6.28. The Morgan fingerprint density at radius 2 is 1.69 bits per heavy atom. The summed E-state index contributed by atoms with van der Waals surface area (Å²) in [5.41, 5.74) is 2.69. The van der Waals surface area contributed by atoms with E-state index in [9.17, 15) is 19.2 Å². The minimum atomic E-state index is -0.586. The molecule has 0 spiro atoms. The largest absolute Gasteiger partial charge is 0.462 e. The number of nitrogens with one attached hydrogen (secondary N) is 3. The van der Waals surface area contributed by atoms with Crippen molar-refractivity contribution in [2.45, 2.75) is 56.1 Å². The number of anilines is 2. The normalized spacial score (nSPS) is 13.4. The van der Waals surface area contributed by atoms with Crippen LogP contribution in [0.15, 0.2) is 83.4 Å². The number of esters is 1. The molecule has 4 aromatic rings. The lowest BCUT2D eigenvalue weighted by atomic mass is 10.1. The number of fused-ring (bicyclic) bond motifs is 1. The fraction of sp³-hybridized carbons (Fsp3) is 0.243. The van der Waals surface area contributed by atoms with Crippen molar-refractivity contribution in [2.75, 3.05) is 17.2 Å². The molecule has 1 atom stereocenters. The number of benzene rings is 3. The number of thiophene rings is 1. The smallest absolute Gasteiger partial charge is 0.341 e. The monoisotopic (exact) mass is 735 g/mol. The third-order valence-electron chi connectivity index (χ3n) is 7.72. The molecule has 0 aliphatic heterocycles. The standard InChI is InChI=1S/C37H35Cl2N3O5S2/c1-3-47-37(46)31-27-17-8-5-9-19-30(27)49-36(31)42-33(43)22(2)48-26-16-11-15-25(21-26)40-35(45)29(20-24-14-10-18-28(38)32(24)39)41-34(44)23-12-6-4-7-13-23/h4,6-7,10-16,18,20-22H,3,5,8-9,17,19H2,1-2H3,(H,40,45)(H,41,44)(H,42,43)/b29-20+. The van der Waals surface area contributed by atoms with E-state index in [1.165, 1.54) is 29.2 Å². The molecule has 3 aromatic carbocycles. The SMILES string of the molecule is CCOC(=O)c1c(NC(=O)C(C)Sc2cccc(NC(=O)/C(=C\c3cccc(Cl)c3Cl)NC(=O)c3ccccc3)c2)sc2c1CCCCC2. The van der Waals surface area contributed by atoms with E-state index in [4.69, 9.17) is 27.9 Å². The quantitative estimate of drug-likeness (QED) is 0.0613. The summed E-state index contributed by atoms with van der Waals surface area (Å²) in [4.78, 5) is 54.8. The van der Waals surface area contributed by atoms with Crippen molar-refractivity contribution in [3.05, 3.63) is 116 Å². The minimum absolute atomic E-state index is 0.0458. The topological polar surface area (TPSA) is 114 Å². The van der Waals surface area contributed by atoms with Crippen molar-refractivity contribution in [1.29, 1.82) is 0 Å². The highest BCUT2D eigenvalue weighted by Crippen LogP contribution is 2.39. The van der Waals surface area contributed by atoms with Gasteiger partial charge in [0.05, 0.1) is 27.5 Å². The van der Waals surface area contributed by atoms with Crippen LogP contribution in [-0.2, 0) is 27.2 Å². The van der Waals surface area contributed by atoms with Crippen LogP contribution in [0, 0.1) is 0 Å². The maximum absolute atomic E-state index is 13.6. The molecule has 0 saturated heterocycles. The van der Waals surface area contributed by atoms with Crippen LogP contribution >= 0.6 is 46.3 Å². The van der Waals surface area contributed by atoms with Crippen molar-refractivity contribution in [2.24, 2.45) is 0 Å². The molecule has 5 rings (SSSR count). The van der Waals surface area contributed by atoms with Crippen molar-refractivity contribution in [3.8, 4) is 0 Å². The molecule has 1 aliphatic rings. The molecule has 3 N–H and O–H groups in total. The molecule has 1 heterocycles. The fourth-order valence-electron chi connectivity index (χ4n) is 5.30. The van der Waals surface area contributed by atoms with Crippen LogP contribution < -0.4 is 16.0 Å². The Kier molecular flexibility index (Phi) is 12.6. The van der Waals surface area contributed by atoms with Crippen molar-refractivity contribution >= 4 is 86.8 Å². The van der Waals surface area contributed by atoms with Crippen LogP contribution in [0.25, 0.3) is 6.08 Å². The van der Waals surface area contributed by atoms with Crippen LogP contribution in [-0.4, -0.2) is 35.5 Å². The van der Waals surface area contributed by atoms with E-state index in [2.05, 4.69) is 16.0 Å². The first kappa shape index (κ1) is 36.2. The Morgan fingerprint density at radius 3 is 2.47 bits per heavy atom. The van der Waals surface area contributed by atoms with Gasteiger partial charge in [0, 0.05) is 21.0 Å². The molecule has 254 valence electrons. The van der Waals surface area contributed by atoms with Gasteiger partial charge >= 0.3 is 5.97 Å². The highest BCUT2D eigenvalue weighted by Gasteiger charge is 2.28. The highest BCUT2D eigenvalue weighted by molar-refractivity contribution is 8.00. The van der Waals surface area contributed by atoms with E-state index in [1.807, 2.05) is 6.07 Å². The molecule has 1 aliphatic carbocycles. The molecule has 8 nitrogen and oxygen atoms in total. The summed E-state index contributed by atoms with van der Waals surface area (Å²) in [6, 6.07) is 20.6. The lowest BCUT2D eigenvalue weighted by molar-refractivity contribution is -0.115. The number of halogens is 2. The van der Waals surface area contributed by atoms with Gasteiger partial charge in [-0.25, -0.2) is 4.79 Å². The maximum atomic E-state index is 13.6. The summed E-state index contributed by atoms with van der Waals surface area (Å²) in [7, 11) is 0. The highest BCUT2D eigenvalue weighted by atomic mass is 35.5. The van der Waals surface area contributed by atoms with Crippen molar-refractivity contribution in [3.63, 3.8) is 0 Å². The second-order valence-electron chi connectivity index (χ2n) is 11.2. The van der Waals surface area contributed by atoms with Crippen LogP contribution in [0.3, 0.4) is 0 Å². The van der Waals surface area contributed by atoms with Crippen LogP contribution in [0.4, 0.5) is 10.7 Å². The fourth-order valence-corrected chi connectivity index (χ4v) is 7.87. The summed E-state index contributed by atoms with van der Waals surface area (Å²) >= 11 is 15.4. The van der Waals surface area contributed by atoms with Gasteiger partial charge < -0.3 is 20.7 Å². The molecule has 0 fully saturated rings. The van der Waals surface area contributed by atoms with Gasteiger partial charge in [0.2, 0.25) is 5.91 Å². The van der Waals surface area contributed by atoms with E-state index >= 15 is 0 Å². The summed E-state index contributed by atoms with van der Waals surface area (Å²) in [5.74, 6) is -1.73. The molecule has 1 unspecified atom stereocenters. The number of carbonyl (C=O) groups excluding carboxylic acids is 4. The first-order chi connectivity index (χ1) is 23.6. The Bertz CT molecular complexity index is 1890. The van der Waals surface area contributed by atoms with Gasteiger partial charge in [-0.3, -0.25) is 14.4 Å². The Balaban J connectivity index is 1.31. The number of carbonyl (C=O) groups is 4. The maximum Gasteiger partial charge on any atom is 0.341 e. The Hall–Kier alpha value is -4.09. The minimum Gasteiger partial charge on any atom is -0.462 e. The van der Waals surface area contributed by atoms with Gasteiger partial charge in [-0.1, -0.05) is 66.0 Å². The number of hydrogen-bond acceptors (Lipinski definition) is 7. The zero-order valence-corrected chi connectivity index (χ0v) is 30.1. The Morgan fingerprint density at radius 1 is 0.939 bits per heavy atom. The van der Waals surface area contributed by atoms with E-state index in [-0.39, 0.29) is 23.2 Å². The van der Waals surface area contributed by atoms with Crippen molar-refractivity contribution in [1.82, 2.24) is 5.32 Å². The van der Waals surface area contributed by atoms with Gasteiger partial charge in [0.15, 0.2) is 0 Å². The van der Waals surface area contributed by atoms with Gasteiger partial charge in [0.1, 0.15) is 10.7 Å². The second kappa shape index (κ2) is 17.0. The molecule has 3 amide bonds. The number of amides is 3. The molecule has 0 radical (unpaired) electrons. The van der Waals surface area contributed by atoms with Gasteiger partial charge in [-0.2, -0.15) is 0 Å². The molecule has 49 heavy (non-hydrogen) atoms. The number of ether oxygens (including phenoxy) is 1. The van der Waals surface area contributed by atoms with Crippen LogP contribution in [0.1, 0.15) is 69.8 Å². The molecule has 0 saturated carbocycles. The van der Waals surface area contributed by atoms with E-state index in [1.54, 1.807) is 80.6 Å². The van der Waals surface area contributed by atoms with E-state index in [0.717, 1.165) is 47.4 Å². The van der Waals surface area contributed by atoms with Crippen molar-refractivity contribution < 1.29 is 23.9 Å². The van der Waals surface area contributed by atoms with Gasteiger partial charge in [-0.05, 0) is 93.1 Å². The second-order valence-corrected chi connectivity index (χ2v) is 14.5. The number of hydrogen-bond donors (Lipinski definition) is 3. The predicted octanol–water partition coefficient (Wildman–Crippen LogP) is 9.03. The zero-order valence-electron chi connectivity index (χ0n) is 26.9. The number of aryl methyl sites for hydroxylation is 1. The lowest BCUT2D eigenvalue weighted by Crippen LogP contribution is -2.30. The number of thioether (sulfide) groups is 1. The molecule has 12 heteroatoms. The Labute approximate surface area is 303 Å². The lowest BCUT2D eigenvalue weighted by Gasteiger charge is -2.14. The first-order valence-electron chi connectivity index (χ1n) is 15.9. The zero-order chi connectivity index (χ0) is 34.9. The summed E-state index contributed by atoms with van der Waals surface area (Å²) < 4.78 is 5.36. The van der Waals surface area contributed by atoms with Gasteiger partial charge in [-0.15, -0.1) is 23.1 Å². The third kappa shape index (κ3) is 9.33. The van der Waals surface area contributed by atoms with Crippen LogP contribution in [0.2, 0.25) is 10.0 Å². The molecular formula is C37H35Cl2N3O5S2. The average molecular weight is 737 g/mol. The summed E-state index contributed by atoms with van der Waals surface area (Å²) in [5, 5.41) is 9.06. The predicted molar refractivity (Wildman–Crippen MR) is 199 cm³/mol. The number of rotatable bonds is 11. The van der Waals surface area contributed by atoms with Gasteiger partial charge in [0.25, 0.3) is 11.8 Å². The molecular weight excluding hydrogens is 701 g/mol. The first-order valence-corrected chi connectivity index (χ1v) is 18.3. The van der Waals surface area contributed by atoms with Crippen LogP contribution in [0.5, 0.6) is 0 Å². The van der Waals surface area contributed by atoms with E-state index < -0.39 is 23.0 Å². The van der Waals surface area contributed by atoms with E-state index in [0.29, 0.717) is 32.4 Å². The molecule has 0 bridgehead atoms. The summed E-state index contributed by atoms with van der Waals surface area (Å²) in [6.45, 7) is 3.80.